The fourth-order valence-electron chi connectivity index (χ4n) is 2.58. The molecule has 0 amide bonds. The first-order valence-corrected chi connectivity index (χ1v) is 6.82. The van der Waals surface area contributed by atoms with Crippen molar-refractivity contribution in [2.24, 2.45) is 11.8 Å². The molecule has 1 aromatic heterocycles. The molecule has 0 saturated heterocycles. The van der Waals surface area contributed by atoms with Crippen molar-refractivity contribution in [3.63, 3.8) is 0 Å². The molecule has 4 N–H and O–H groups in total. The van der Waals surface area contributed by atoms with Gasteiger partial charge in [0.1, 0.15) is 17.5 Å². The lowest BCUT2D eigenvalue weighted by atomic mass is 9.87. The third-order valence-electron chi connectivity index (χ3n) is 3.52. The van der Waals surface area contributed by atoms with E-state index in [0.29, 0.717) is 11.9 Å². The first-order valence-electron chi connectivity index (χ1n) is 6.82. The lowest BCUT2D eigenvalue weighted by Gasteiger charge is -2.28. The Balaban J connectivity index is 2.07. The van der Waals surface area contributed by atoms with Crippen LogP contribution in [0.1, 0.15) is 45.4 Å². The third-order valence-corrected chi connectivity index (χ3v) is 3.52. The maximum absolute atomic E-state index is 5.43. The number of hydrogen-bond donors (Lipinski definition) is 3. The van der Waals surface area contributed by atoms with Crippen LogP contribution in [-0.2, 0) is 6.42 Å². The Morgan fingerprint density at radius 2 is 2.11 bits per heavy atom. The van der Waals surface area contributed by atoms with Crippen LogP contribution in [0.5, 0.6) is 0 Å². The van der Waals surface area contributed by atoms with Gasteiger partial charge in [-0.05, 0) is 18.8 Å². The highest BCUT2D eigenvalue weighted by molar-refractivity contribution is 5.47. The Morgan fingerprint density at radius 3 is 2.78 bits per heavy atom. The molecule has 1 aromatic rings. The number of aryl methyl sites for hydroxylation is 1. The Bertz CT molecular complexity index is 371. The van der Waals surface area contributed by atoms with Crippen LogP contribution in [0.2, 0.25) is 0 Å². The first kappa shape index (κ1) is 13.1. The number of aromatic nitrogens is 2. The van der Waals surface area contributed by atoms with E-state index in [-0.39, 0.29) is 0 Å². The van der Waals surface area contributed by atoms with Gasteiger partial charge in [-0.2, -0.15) is 0 Å². The average Bonchev–Trinajstić information content (AvgIpc) is 2.38. The van der Waals surface area contributed by atoms with Crippen molar-refractivity contribution in [1.29, 1.82) is 0 Å². The topological polar surface area (TPSA) is 75.9 Å². The monoisotopic (exact) mass is 249 g/mol. The fraction of sp³-hybridized carbons (Fsp3) is 0.692. The zero-order valence-corrected chi connectivity index (χ0v) is 11.2. The fourth-order valence-corrected chi connectivity index (χ4v) is 2.58. The summed E-state index contributed by atoms with van der Waals surface area (Å²) in [6, 6.07) is 2.40. The molecule has 1 aliphatic rings. The lowest BCUT2D eigenvalue weighted by Crippen LogP contribution is -2.27. The summed E-state index contributed by atoms with van der Waals surface area (Å²) in [4.78, 5) is 8.79. The molecule has 0 radical (unpaired) electrons. The van der Waals surface area contributed by atoms with Crippen LogP contribution < -0.4 is 16.6 Å². The molecule has 1 saturated carbocycles. The molecule has 0 bridgehead atoms. The van der Waals surface area contributed by atoms with Gasteiger partial charge in [-0.1, -0.05) is 26.7 Å². The molecular weight excluding hydrogens is 226 g/mol. The minimum Gasteiger partial charge on any atom is -0.367 e. The summed E-state index contributed by atoms with van der Waals surface area (Å²) in [6.07, 6.45) is 5.90. The Hall–Kier alpha value is -1.36. The molecule has 5 heteroatoms. The Morgan fingerprint density at radius 1 is 1.33 bits per heavy atom. The van der Waals surface area contributed by atoms with E-state index < -0.39 is 0 Å². The molecule has 2 rings (SSSR count). The van der Waals surface area contributed by atoms with Crippen LogP contribution in [0.15, 0.2) is 6.07 Å². The molecule has 5 nitrogen and oxygen atoms in total. The van der Waals surface area contributed by atoms with Gasteiger partial charge >= 0.3 is 0 Å². The Kier molecular flexibility index (Phi) is 4.36. The highest BCUT2D eigenvalue weighted by atomic mass is 15.3. The summed E-state index contributed by atoms with van der Waals surface area (Å²) in [7, 11) is 0. The molecule has 18 heavy (non-hydrogen) atoms. The predicted molar refractivity (Wildman–Crippen MR) is 74.3 cm³/mol. The van der Waals surface area contributed by atoms with Crippen LogP contribution in [0, 0.1) is 5.92 Å². The summed E-state index contributed by atoms with van der Waals surface area (Å²) in [5.74, 6) is 8.61. The van der Waals surface area contributed by atoms with E-state index in [9.17, 15) is 0 Å². The van der Waals surface area contributed by atoms with Crippen molar-refractivity contribution < 1.29 is 0 Å². The smallest absolute Gasteiger partial charge is 0.145 e. The van der Waals surface area contributed by atoms with Crippen molar-refractivity contribution in [3.8, 4) is 0 Å². The lowest BCUT2D eigenvalue weighted by molar-refractivity contribution is 0.358. The first-order chi connectivity index (χ1) is 8.71. The Labute approximate surface area is 109 Å². The number of rotatable bonds is 4. The molecule has 0 aromatic carbocycles. The molecule has 1 fully saturated rings. The van der Waals surface area contributed by atoms with E-state index in [4.69, 9.17) is 5.84 Å². The largest absolute Gasteiger partial charge is 0.367 e. The minimum absolute atomic E-state index is 0.527. The van der Waals surface area contributed by atoms with Crippen molar-refractivity contribution in [2.45, 2.75) is 52.0 Å². The second-order valence-electron chi connectivity index (χ2n) is 5.17. The number of nitrogens with one attached hydrogen (secondary N) is 2. The zero-order chi connectivity index (χ0) is 13.0. The minimum atomic E-state index is 0.527. The maximum Gasteiger partial charge on any atom is 0.145 e. The van der Waals surface area contributed by atoms with E-state index in [1.165, 1.54) is 25.7 Å². The highest BCUT2D eigenvalue weighted by Gasteiger charge is 2.19. The van der Waals surface area contributed by atoms with Gasteiger partial charge in [0.15, 0.2) is 0 Å². The maximum atomic E-state index is 5.43. The van der Waals surface area contributed by atoms with Crippen LogP contribution in [0.4, 0.5) is 11.6 Å². The third kappa shape index (κ3) is 3.32. The van der Waals surface area contributed by atoms with Crippen molar-refractivity contribution in [3.05, 3.63) is 11.9 Å². The van der Waals surface area contributed by atoms with Crippen LogP contribution >= 0.6 is 0 Å². The molecule has 1 aliphatic carbocycles. The molecule has 2 unspecified atom stereocenters. The molecule has 100 valence electrons. The highest BCUT2D eigenvalue weighted by Crippen LogP contribution is 2.26. The van der Waals surface area contributed by atoms with E-state index in [1.807, 2.05) is 13.0 Å². The number of nitrogen functional groups attached to an aromatic ring is 1. The summed E-state index contributed by atoms with van der Waals surface area (Å²) in [5, 5.41) is 3.51. The van der Waals surface area contributed by atoms with Crippen molar-refractivity contribution in [2.75, 3.05) is 10.7 Å². The molecular formula is C13H23N5. The summed E-state index contributed by atoms with van der Waals surface area (Å²) in [5.41, 5.74) is 2.60. The van der Waals surface area contributed by atoms with Crippen LogP contribution in [0.25, 0.3) is 0 Å². The average molecular weight is 249 g/mol. The normalized spacial score (nSPS) is 23.7. The summed E-state index contributed by atoms with van der Waals surface area (Å²) < 4.78 is 0. The SMILES string of the molecule is CCc1nc(NN)cc(NC2CCCC(C)C2)n1. The van der Waals surface area contributed by atoms with Crippen LogP contribution in [-0.4, -0.2) is 16.0 Å². The van der Waals surface area contributed by atoms with Gasteiger partial charge in [-0.15, -0.1) is 0 Å². The number of hydrazine groups is 1. The molecule has 0 spiro atoms. The van der Waals surface area contributed by atoms with Gasteiger partial charge in [0.05, 0.1) is 0 Å². The molecule has 1 heterocycles. The van der Waals surface area contributed by atoms with E-state index in [2.05, 4.69) is 27.6 Å². The number of hydrogen-bond acceptors (Lipinski definition) is 5. The van der Waals surface area contributed by atoms with E-state index >= 15 is 0 Å². The van der Waals surface area contributed by atoms with Gasteiger partial charge < -0.3 is 10.7 Å². The molecule has 2 atom stereocenters. The van der Waals surface area contributed by atoms with E-state index in [0.717, 1.165) is 24.0 Å². The zero-order valence-electron chi connectivity index (χ0n) is 11.2. The standard InChI is InChI=1S/C13H23N5/c1-3-11-16-12(8-13(17-11)18-14)15-10-6-4-5-9(2)7-10/h8-10H,3-7,14H2,1-2H3,(H2,15,16,17,18). The predicted octanol–water partition coefficient (Wildman–Crippen LogP) is 2.32. The second kappa shape index (κ2) is 6.00. The van der Waals surface area contributed by atoms with Crippen LogP contribution in [0.3, 0.4) is 0 Å². The van der Waals surface area contributed by atoms with Crippen molar-refractivity contribution >= 4 is 11.6 Å². The number of nitrogens with zero attached hydrogens (tertiary/aromatic N) is 2. The summed E-state index contributed by atoms with van der Waals surface area (Å²) >= 11 is 0. The van der Waals surface area contributed by atoms with Crippen molar-refractivity contribution in [1.82, 2.24) is 9.97 Å². The van der Waals surface area contributed by atoms with Gasteiger partial charge in [0, 0.05) is 18.5 Å². The summed E-state index contributed by atoms with van der Waals surface area (Å²) in [6.45, 7) is 4.36. The molecule has 0 aliphatic heterocycles. The van der Waals surface area contributed by atoms with E-state index in [1.54, 1.807) is 0 Å². The quantitative estimate of drug-likeness (QED) is 0.564. The van der Waals surface area contributed by atoms with Gasteiger partial charge in [-0.3, -0.25) is 0 Å². The second-order valence-corrected chi connectivity index (χ2v) is 5.17. The van der Waals surface area contributed by atoms with Gasteiger partial charge in [0.25, 0.3) is 0 Å². The van der Waals surface area contributed by atoms with Gasteiger partial charge in [-0.25, -0.2) is 15.8 Å². The number of anilines is 2. The van der Waals surface area contributed by atoms with Gasteiger partial charge in [0.2, 0.25) is 0 Å². The number of nitrogens with two attached hydrogens (primary N) is 1.